The summed E-state index contributed by atoms with van der Waals surface area (Å²) in [7, 11) is -2.32. The molecule has 5 aromatic rings. The van der Waals surface area contributed by atoms with Crippen LogP contribution in [0.1, 0.15) is 21.6 Å². The van der Waals surface area contributed by atoms with Crippen molar-refractivity contribution in [1.29, 1.82) is 0 Å². The van der Waals surface area contributed by atoms with Gasteiger partial charge in [-0.1, -0.05) is 47.7 Å². The Bertz CT molecular complexity index is 1730. The zero-order valence-electron chi connectivity index (χ0n) is 20.7. The molecule has 0 aliphatic carbocycles. The van der Waals surface area contributed by atoms with Gasteiger partial charge in [-0.2, -0.15) is 4.31 Å². The third kappa shape index (κ3) is 5.70. The summed E-state index contributed by atoms with van der Waals surface area (Å²) in [6.45, 7) is 0.208. The first kappa shape index (κ1) is 26.5. The molecule has 5 rings (SSSR count). The van der Waals surface area contributed by atoms with Crippen LogP contribution in [0, 0.1) is 11.6 Å². The van der Waals surface area contributed by atoms with Crippen LogP contribution in [-0.4, -0.2) is 35.6 Å². The van der Waals surface area contributed by atoms with Gasteiger partial charge in [0.2, 0.25) is 10.0 Å². The number of benzene rings is 3. The van der Waals surface area contributed by atoms with Crippen LogP contribution in [0.2, 0.25) is 0 Å². The van der Waals surface area contributed by atoms with Crippen molar-refractivity contribution in [3.05, 3.63) is 120 Å². The van der Waals surface area contributed by atoms with E-state index in [0.717, 1.165) is 29.0 Å². The molecule has 0 bridgehead atoms. The van der Waals surface area contributed by atoms with Gasteiger partial charge in [0.15, 0.2) is 10.9 Å². The van der Waals surface area contributed by atoms with Crippen LogP contribution in [0.3, 0.4) is 0 Å². The summed E-state index contributed by atoms with van der Waals surface area (Å²) < 4.78 is 55.9. The van der Waals surface area contributed by atoms with Crippen molar-refractivity contribution in [1.82, 2.24) is 14.3 Å². The van der Waals surface area contributed by atoms with Gasteiger partial charge in [0.05, 0.1) is 21.8 Å². The first-order valence-electron chi connectivity index (χ1n) is 11.8. The van der Waals surface area contributed by atoms with Gasteiger partial charge >= 0.3 is 0 Å². The molecule has 39 heavy (non-hydrogen) atoms. The number of thiazole rings is 1. The van der Waals surface area contributed by atoms with Gasteiger partial charge in [0, 0.05) is 31.4 Å². The van der Waals surface area contributed by atoms with Gasteiger partial charge in [0.1, 0.15) is 11.3 Å². The predicted octanol–water partition coefficient (Wildman–Crippen LogP) is 5.64. The molecule has 0 aliphatic rings. The zero-order chi connectivity index (χ0) is 27.6. The minimum absolute atomic E-state index is 0.0173. The standard InChI is InChI=1S/C28H22F2N4O3S2/c1-33(17-19-7-3-2-4-8-19)39(36,37)23-12-10-20(11-13-23)27(35)34(18-22-9-5-6-14-31-22)28-32-26-24(30)15-21(29)16-25(26)38-28/h2-16H,17-18H2,1H3. The molecule has 0 saturated heterocycles. The molecule has 0 aliphatic heterocycles. The van der Waals surface area contributed by atoms with Crippen LogP contribution in [0.4, 0.5) is 13.9 Å². The normalized spacial score (nSPS) is 11.7. The Kier molecular flexibility index (Phi) is 7.47. The highest BCUT2D eigenvalue weighted by Gasteiger charge is 2.25. The average molecular weight is 565 g/mol. The lowest BCUT2D eigenvalue weighted by molar-refractivity contribution is 0.0984. The number of anilines is 1. The molecule has 0 atom stereocenters. The molecule has 1 amide bonds. The first-order valence-corrected chi connectivity index (χ1v) is 14.1. The molecular formula is C28H22F2N4O3S2. The highest BCUT2D eigenvalue weighted by atomic mass is 32.2. The van der Waals surface area contributed by atoms with Crippen LogP contribution < -0.4 is 4.90 Å². The summed E-state index contributed by atoms with van der Waals surface area (Å²) in [5, 5.41) is 0.157. The van der Waals surface area contributed by atoms with Gasteiger partial charge in [-0.15, -0.1) is 0 Å². The fourth-order valence-electron chi connectivity index (χ4n) is 3.97. The maximum Gasteiger partial charge on any atom is 0.260 e. The van der Waals surface area contributed by atoms with Gasteiger partial charge < -0.3 is 0 Å². The van der Waals surface area contributed by atoms with Gasteiger partial charge in [-0.05, 0) is 48.0 Å². The number of amides is 1. The summed E-state index contributed by atoms with van der Waals surface area (Å²) in [6, 6.07) is 21.9. The Morgan fingerprint density at radius 3 is 2.33 bits per heavy atom. The topological polar surface area (TPSA) is 83.5 Å². The largest absolute Gasteiger partial charge is 0.278 e. The van der Waals surface area contributed by atoms with Crippen molar-refractivity contribution in [2.75, 3.05) is 11.9 Å². The molecule has 0 spiro atoms. The Morgan fingerprint density at radius 2 is 1.64 bits per heavy atom. The monoisotopic (exact) mass is 564 g/mol. The van der Waals surface area contributed by atoms with Gasteiger partial charge in [0.25, 0.3) is 5.91 Å². The number of rotatable bonds is 8. The molecule has 0 unspecified atom stereocenters. The van der Waals surface area contributed by atoms with E-state index in [2.05, 4.69) is 9.97 Å². The van der Waals surface area contributed by atoms with Gasteiger partial charge in [-0.3, -0.25) is 14.7 Å². The molecule has 0 saturated carbocycles. The van der Waals surface area contributed by atoms with E-state index in [1.165, 1.54) is 40.5 Å². The highest BCUT2D eigenvalue weighted by molar-refractivity contribution is 7.89. The zero-order valence-corrected chi connectivity index (χ0v) is 22.3. The number of hydrogen-bond acceptors (Lipinski definition) is 6. The van der Waals surface area contributed by atoms with Crippen molar-refractivity contribution in [2.24, 2.45) is 0 Å². The van der Waals surface area contributed by atoms with E-state index >= 15 is 0 Å². The number of sulfonamides is 1. The minimum atomic E-state index is -3.82. The molecule has 0 radical (unpaired) electrons. The van der Waals surface area contributed by atoms with Gasteiger partial charge in [-0.25, -0.2) is 22.2 Å². The number of hydrogen-bond donors (Lipinski definition) is 0. The fraction of sp³-hybridized carbons (Fsp3) is 0.107. The fourth-order valence-corrected chi connectivity index (χ4v) is 6.13. The summed E-state index contributed by atoms with van der Waals surface area (Å²) in [5.41, 5.74) is 1.55. The first-order chi connectivity index (χ1) is 18.7. The average Bonchev–Trinajstić information content (AvgIpc) is 3.36. The molecule has 2 heterocycles. The molecule has 0 N–H and O–H groups in total. The number of aromatic nitrogens is 2. The number of carbonyl (C=O) groups excluding carboxylic acids is 1. The van der Waals surface area contributed by atoms with E-state index in [0.29, 0.717) is 5.69 Å². The number of halogens is 2. The summed E-state index contributed by atoms with van der Waals surface area (Å²) in [5.74, 6) is -2.07. The smallest absolute Gasteiger partial charge is 0.260 e. The molecule has 11 heteroatoms. The third-order valence-corrected chi connectivity index (χ3v) is 8.82. The highest BCUT2D eigenvalue weighted by Crippen LogP contribution is 2.33. The molecule has 198 valence electrons. The Balaban J connectivity index is 1.45. The second-order valence-electron chi connectivity index (χ2n) is 8.71. The van der Waals surface area contributed by atoms with E-state index in [4.69, 9.17) is 0 Å². The molecular weight excluding hydrogens is 542 g/mol. The maximum absolute atomic E-state index is 14.4. The number of nitrogens with zero attached hydrogens (tertiary/aromatic N) is 4. The van der Waals surface area contributed by atoms with Crippen LogP contribution in [0.15, 0.2) is 96.0 Å². The lowest BCUT2D eigenvalue weighted by Crippen LogP contribution is -2.31. The summed E-state index contributed by atoms with van der Waals surface area (Å²) in [6.07, 6.45) is 1.58. The van der Waals surface area contributed by atoms with Crippen molar-refractivity contribution < 1.29 is 22.0 Å². The number of pyridine rings is 1. The Morgan fingerprint density at radius 1 is 0.923 bits per heavy atom. The van der Waals surface area contributed by atoms with Crippen molar-refractivity contribution >= 4 is 42.6 Å². The molecule has 3 aromatic carbocycles. The van der Waals surface area contributed by atoms with Crippen molar-refractivity contribution in [3.8, 4) is 0 Å². The van der Waals surface area contributed by atoms with Crippen molar-refractivity contribution in [3.63, 3.8) is 0 Å². The SMILES string of the molecule is CN(Cc1ccccc1)S(=O)(=O)c1ccc(C(=O)N(Cc2ccccn2)c2nc3c(F)cc(F)cc3s2)cc1. The van der Waals surface area contributed by atoms with Crippen LogP contribution in [0.25, 0.3) is 10.2 Å². The molecule has 7 nitrogen and oxygen atoms in total. The lowest BCUT2D eigenvalue weighted by atomic mass is 10.2. The lowest BCUT2D eigenvalue weighted by Gasteiger charge is -2.20. The van der Waals surface area contributed by atoms with E-state index in [1.807, 2.05) is 30.3 Å². The molecule has 2 aromatic heterocycles. The second kappa shape index (κ2) is 11.0. The van der Waals surface area contributed by atoms with Crippen LogP contribution in [0.5, 0.6) is 0 Å². The number of carbonyl (C=O) groups is 1. The summed E-state index contributed by atoms with van der Waals surface area (Å²) in [4.78, 5) is 23.5. The van der Waals surface area contributed by atoms with E-state index in [1.54, 1.807) is 24.4 Å². The van der Waals surface area contributed by atoms with Crippen LogP contribution in [-0.2, 0) is 23.1 Å². The Labute approximate surface area is 228 Å². The maximum atomic E-state index is 14.4. The quantitative estimate of drug-likeness (QED) is 0.244. The van der Waals surface area contributed by atoms with E-state index in [9.17, 15) is 22.0 Å². The minimum Gasteiger partial charge on any atom is -0.278 e. The van der Waals surface area contributed by atoms with E-state index in [-0.39, 0.29) is 38.9 Å². The Hall–Kier alpha value is -4.06. The van der Waals surface area contributed by atoms with E-state index < -0.39 is 27.6 Å². The molecule has 0 fully saturated rings. The van der Waals surface area contributed by atoms with Crippen LogP contribution >= 0.6 is 11.3 Å². The third-order valence-electron chi connectivity index (χ3n) is 5.98. The number of fused-ring (bicyclic) bond motifs is 1. The van der Waals surface area contributed by atoms with Crippen molar-refractivity contribution in [2.45, 2.75) is 18.0 Å². The second-order valence-corrected chi connectivity index (χ2v) is 11.8. The predicted molar refractivity (Wildman–Crippen MR) is 146 cm³/mol. The summed E-state index contributed by atoms with van der Waals surface area (Å²) >= 11 is 0.972.